The van der Waals surface area contributed by atoms with Gasteiger partial charge in [-0.25, -0.2) is 9.37 Å². The van der Waals surface area contributed by atoms with Gasteiger partial charge in [-0.3, -0.25) is 0 Å². The molecule has 18 heavy (non-hydrogen) atoms. The summed E-state index contributed by atoms with van der Waals surface area (Å²) >= 11 is 0. The van der Waals surface area contributed by atoms with Crippen LogP contribution in [0.4, 0.5) is 4.39 Å². The highest BCUT2D eigenvalue weighted by atomic mass is 19.1. The summed E-state index contributed by atoms with van der Waals surface area (Å²) in [5, 5.41) is 9.36. The van der Waals surface area contributed by atoms with Crippen LogP contribution in [0.1, 0.15) is 24.5 Å². The van der Waals surface area contributed by atoms with Gasteiger partial charge in [0, 0.05) is 24.4 Å². The fourth-order valence-corrected chi connectivity index (χ4v) is 2.64. The normalized spacial score (nSPS) is 18.7. The van der Waals surface area contributed by atoms with Gasteiger partial charge in [0.05, 0.1) is 12.2 Å². The lowest BCUT2D eigenvalue weighted by Gasteiger charge is -2.23. The molecular formula is C14H15FN2O. The number of aromatic nitrogens is 2. The number of imidazole rings is 1. The van der Waals surface area contributed by atoms with E-state index >= 15 is 0 Å². The van der Waals surface area contributed by atoms with E-state index in [1.165, 1.54) is 6.07 Å². The molecule has 1 aliphatic heterocycles. The zero-order chi connectivity index (χ0) is 12.5. The molecule has 0 bridgehead atoms. The standard InChI is InChI=1S/C14H15FN2O/c15-12-6-2-1-5-11(12)14-16-8-13-10(9-18)4-3-7-17(13)14/h1-2,5-6,8,10,18H,3-4,7,9H2. The molecule has 1 atom stereocenters. The van der Waals surface area contributed by atoms with Crippen LogP contribution in [-0.2, 0) is 6.54 Å². The first-order chi connectivity index (χ1) is 8.81. The molecule has 0 spiro atoms. The third kappa shape index (κ3) is 1.73. The van der Waals surface area contributed by atoms with Crippen LogP contribution in [0.25, 0.3) is 11.4 Å². The van der Waals surface area contributed by atoms with Crippen molar-refractivity contribution in [1.82, 2.24) is 9.55 Å². The van der Waals surface area contributed by atoms with E-state index in [0.29, 0.717) is 11.4 Å². The minimum Gasteiger partial charge on any atom is -0.396 e. The number of hydrogen-bond donors (Lipinski definition) is 1. The summed E-state index contributed by atoms with van der Waals surface area (Å²) in [5.74, 6) is 0.546. The average Bonchev–Trinajstić information content (AvgIpc) is 2.83. The zero-order valence-electron chi connectivity index (χ0n) is 10.0. The summed E-state index contributed by atoms with van der Waals surface area (Å²) in [5.41, 5.74) is 1.55. The molecule has 2 heterocycles. The molecule has 4 heteroatoms. The van der Waals surface area contributed by atoms with Crippen LogP contribution >= 0.6 is 0 Å². The minimum absolute atomic E-state index is 0.127. The quantitative estimate of drug-likeness (QED) is 0.884. The van der Waals surface area contributed by atoms with Crippen molar-refractivity contribution in [3.05, 3.63) is 42.0 Å². The summed E-state index contributed by atoms with van der Waals surface area (Å²) in [6.45, 7) is 0.970. The van der Waals surface area contributed by atoms with Gasteiger partial charge >= 0.3 is 0 Å². The Hall–Kier alpha value is -1.68. The second-order valence-corrected chi connectivity index (χ2v) is 4.66. The van der Waals surface area contributed by atoms with E-state index < -0.39 is 0 Å². The Balaban J connectivity index is 2.10. The summed E-state index contributed by atoms with van der Waals surface area (Å²) in [6.07, 6.45) is 3.73. The Morgan fingerprint density at radius 3 is 3.00 bits per heavy atom. The third-order valence-electron chi connectivity index (χ3n) is 3.57. The second kappa shape index (κ2) is 4.53. The summed E-state index contributed by atoms with van der Waals surface area (Å²) < 4.78 is 15.8. The van der Waals surface area contributed by atoms with Crippen LogP contribution < -0.4 is 0 Å². The first-order valence-electron chi connectivity index (χ1n) is 6.22. The van der Waals surface area contributed by atoms with Gasteiger partial charge in [0.25, 0.3) is 0 Å². The van der Waals surface area contributed by atoms with Crippen molar-refractivity contribution >= 4 is 0 Å². The molecule has 3 nitrogen and oxygen atoms in total. The first kappa shape index (κ1) is 11.4. The van der Waals surface area contributed by atoms with Gasteiger partial charge in [-0.15, -0.1) is 0 Å². The topological polar surface area (TPSA) is 38.0 Å². The smallest absolute Gasteiger partial charge is 0.143 e. The van der Waals surface area contributed by atoms with Crippen molar-refractivity contribution in [2.75, 3.05) is 6.61 Å². The predicted octanol–water partition coefficient (Wildman–Crippen LogP) is 2.56. The van der Waals surface area contributed by atoms with Crippen LogP contribution in [0.15, 0.2) is 30.5 Å². The van der Waals surface area contributed by atoms with Crippen molar-refractivity contribution in [3.63, 3.8) is 0 Å². The summed E-state index contributed by atoms with van der Waals surface area (Å²) in [7, 11) is 0. The molecule has 1 unspecified atom stereocenters. The fraction of sp³-hybridized carbons (Fsp3) is 0.357. The Kier molecular flexibility index (Phi) is 2.88. The Labute approximate surface area is 105 Å². The molecule has 1 N–H and O–H groups in total. The highest BCUT2D eigenvalue weighted by Gasteiger charge is 2.24. The highest BCUT2D eigenvalue weighted by molar-refractivity contribution is 5.57. The van der Waals surface area contributed by atoms with Crippen molar-refractivity contribution in [2.24, 2.45) is 0 Å². The van der Waals surface area contributed by atoms with E-state index in [1.54, 1.807) is 18.3 Å². The fourth-order valence-electron chi connectivity index (χ4n) is 2.64. The lowest BCUT2D eigenvalue weighted by atomic mass is 9.97. The van der Waals surface area contributed by atoms with Crippen molar-refractivity contribution in [1.29, 1.82) is 0 Å². The number of aliphatic hydroxyl groups excluding tert-OH is 1. The molecule has 1 aromatic heterocycles. The minimum atomic E-state index is -0.253. The number of halogens is 1. The molecule has 0 aliphatic carbocycles. The molecular weight excluding hydrogens is 231 g/mol. The van der Waals surface area contributed by atoms with Gasteiger partial charge in [-0.1, -0.05) is 12.1 Å². The molecule has 1 aromatic carbocycles. The second-order valence-electron chi connectivity index (χ2n) is 4.66. The van der Waals surface area contributed by atoms with E-state index in [4.69, 9.17) is 0 Å². The van der Waals surface area contributed by atoms with Crippen molar-refractivity contribution < 1.29 is 9.50 Å². The van der Waals surface area contributed by atoms with Gasteiger partial charge < -0.3 is 9.67 Å². The number of aliphatic hydroxyl groups is 1. The lowest BCUT2D eigenvalue weighted by molar-refractivity contribution is 0.241. The monoisotopic (exact) mass is 246 g/mol. The van der Waals surface area contributed by atoms with Crippen LogP contribution in [0.2, 0.25) is 0 Å². The maximum atomic E-state index is 13.8. The summed E-state index contributed by atoms with van der Waals surface area (Å²) in [4.78, 5) is 4.34. The zero-order valence-corrected chi connectivity index (χ0v) is 10.0. The predicted molar refractivity (Wildman–Crippen MR) is 66.7 cm³/mol. The molecule has 2 aromatic rings. The van der Waals surface area contributed by atoms with E-state index in [-0.39, 0.29) is 18.3 Å². The first-order valence-corrected chi connectivity index (χ1v) is 6.22. The van der Waals surface area contributed by atoms with Crippen LogP contribution in [0.3, 0.4) is 0 Å². The lowest BCUT2D eigenvalue weighted by Crippen LogP contribution is -2.18. The van der Waals surface area contributed by atoms with Gasteiger partial charge in [-0.2, -0.15) is 0 Å². The SMILES string of the molecule is OCC1CCCn2c1cnc2-c1ccccc1F. The number of fused-ring (bicyclic) bond motifs is 1. The van der Waals surface area contributed by atoms with Crippen molar-refractivity contribution in [2.45, 2.75) is 25.3 Å². The Morgan fingerprint density at radius 1 is 1.39 bits per heavy atom. The molecule has 94 valence electrons. The van der Waals surface area contributed by atoms with E-state index in [2.05, 4.69) is 4.98 Å². The number of rotatable bonds is 2. The van der Waals surface area contributed by atoms with E-state index in [0.717, 1.165) is 25.1 Å². The van der Waals surface area contributed by atoms with Crippen LogP contribution in [0.5, 0.6) is 0 Å². The van der Waals surface area contributed by atoms with Crippen LogP contribution in [0, 0.1) is 5.82 Å². The summed E-state index contributed by atoms with van der Waals surface area (Å²) in [6, 6.07) is 6.68. The number of nitrogens with zero attached hydrogens (tertiary/aromatic N) is 2. The van der Waals surface area contributed by atoms with Gasteiger partial charge in [0.15, 0.2) is 0 Å². The average molecular weight is 246 g/mol. The maximum absolute atomic E-state index is 13.8. The molecule has 0 saturated heterocycles. The largest absolute Gasteiger partial charge is 0.396 e. The van der Waals surface area contributed by atoms with Gasteiger partial charge in [0.2, 0.25) is 0 Å². The van der Waals surface area contributed by atoms with Crippen LogP contribution in [-0.4, -0.2) is 21.3 Å². The molecule has 0 fully saturated rings. The van der Waals surface area contributed by atoms with E-state index in [9.17, 15) is 9.50 Å². The molecule has 1 aliphatic rings. The number of hydrogen-bond acceptors (Lipinski definition) is 2. The number of benzene rings is 1. The van der Waals surface area contributed by atoms with E-state index in [1.807, 2.05) is 10.6 Å². The molecule has 3 rings (SSSR count). The third-order valence-corrected chi connectivity index (χ3v) is 3.57. The Bertz CT molecular complexity index is 565. The maximum Gasteiger partial charge on any atom is 0.143 e. The molecule has 0 saturated carbocycles. The Morgan fingerprint density at radius 2 is 2.22 bits per heavy atom. The molecule has 0 amide bonds. The van der Waals surface area contributed by atoms with Gasteiger partial charge in [-0.05, 0) is 25.0 Å². The highest BCUT2D eigenvalue weighted by Crippen LogP contribution is 2.32. The van der Waals surface area contributed by atoms with Crippen molar-refractivity contribution in [3.8, 4) is 11.4 Å². The van der Waals surface area contributed by atoms with Gasteiger partial charge in [0.1, 0.15) is 11.6 Å². The molecule has 0 radical (unpaired) electrons.